The molecule has 0 fully saturated rings. The lowest BCUT2D eigenvalue weighted by atomic mass is 9.96. The lowest BCUT2D eigenvalue weighted by molar-refractivity contribution is -0.137. The molecule has 0 spiro atoms. The highest BCUT2D eigenvalue weighted by molar-refractivity contribution is 5.68. The minimum absolute atomic E-state index is 0.0161. The maximum absolute atomic E-state index is 10.6. The van der Waals surface area contributed by atoms with Crippen LogP contribution in [0.3, 0.4) is 0 Å². The molecule has 74 valence electrons. The SMILES string of the molecule is Cc1ccc2c(c1)[C@@H](CC(=O)O)CO2. The predicted octanol–water partition coefficient (Wildman–Crippen LogP) is 1.95. The van der Waals surface area contributed by atoms with Gasteiger partial charge in [0.05, 0.1) is 13.0 Å². The monoisotopic (exact) mass is 192 g/mol. The van der Waals surface area contributed by atoms with Crippen molar-refractivity contribution in [3.05, 3.63) is 29.3 Å². The van der Waals surface area contributed by atoms with Crippen molar-refractivity contribution in [3.63, 3.8) is 0 Å². The highest BCUT2D eigenvalue weighted by Gasteiger charge is 2.25. The Balaban J connectivity index is 2.28. The van der Waals surface area contributed by atoms with Crippen LogP contribution >= 0.6 is 0 Å². The summed E-state index contributed by atoms with van der Waals surface area (Å²) in [5, 5.41) is 8.71. The van der Waals surface area contributed by atoms with Crippen LogP contribution in [0.1, 0.15) is 23.5 Å². The van der Waals surface area contributed by atoms with Gasteiger partial charge in [0.25, 0.3) is 0 Å². The van der Waals surface area contributed by atoms with Crippen molar-refractivity contribution >= 4 is 5.97 Å². The van der Waals surface area contributed by atoms with Gasteiger partial charge < -0.3 is 9.84 Å². The third-order valence-electron chi connectivity index (χ3n) is 2.47. The van der Waals surface area contributed by atoms with Gasteiger partial charge in [-0.3, -0.25) is 4.79 Å². The second-order valence-corrected chi connectivity index (χ2v) is 3.65. The van der Waals surface area contributed by atoms with E-state index in [0.717, 1.165) is 16.9 Å². The van der Waals surface area contributed by atoms with Crippen LogP contribution in [0, 0.1) is 6.92 Å². The summed E-state index contributed by atoms with van der Waals surface area (Å²) in [7, 11) is 0. The molecule has 0 radical (unpaired) electrons. The fourth-order valence-electron chi connectivity index (χ4n) is 1.78. The number of benzene rings is 1. The molecule has 0 unspecified atom stereocenters. The molecule has 3 nitrogen and oxygen atoms in total. The van der Waals surface area contributed by atoms with E-state index in [4.69, 9.17) is 9.84 Å². The first-order valence-electron chi connectivity index (χ1n) is 4.62. The summed E-state index contributed by atoms with van der Waals surface area (Å²) >= 11 is 0. The molecular weight excluding hydrogens is 180 g/mol. The molecule has 0 amide bonds. The summed E-state index contributed by atoms with van der Waals surface area (Å²) < 4.78 is 5.40. The molecule has 0 bridgehead atoms. The van der Waals surface area contributed by atoms with Gasteiger partial charge in [0.1, 0.15) is 5.75 Å². The minimum Gasteiger partial charge on any atom is -0.493 e. The van der Waals surface area contributed by atoms with Gasteiger partial charge in [-0.2, -0.15) is 0 Å². The van der Waals surface area contributed by atoms with Crippen LogP contribution in [0.5, 0.6) is 5.75 Å². The summed E-state index contributed by atoms with van der Waals surface area (Å²) in [5.41, 5.74) is 2.18. The second kappa shape index (κ2) is 3.33. The molecular formula is C11H12O3. The van der Waals surface area contributed by atoms with E-state index in [0.29, 0.717) is 6.61 Å². The van der Waals surface area contributed by atoms with Gasteiger partial charge in [-0.15, -0.1) is 0 Å². The molecule has 1 N–H and O–H groups in total. The Morgan fingerprint density at radius 1 is 1.64 bits per heavy atom. The Morgan fingerprint density at radius 3 is 3.14 bits per heavy atom. The minimum atomic E-state index is -0.770. The zero-order valence-electron chi connectivity index (χ0n) is 7.99. The smallest absolute Gasteiger partial charge is 0.304 e. The van der Waals surface area contributed by atoms with E-state index in [1.807, 2.05) is 25.1 Å². The topological polar surface area (TPSA) is 46.5 Å². The fourth-order valence-corrected chi connectivity index (χ4v) is 1.78. The number of aryl methyl sites for hydroxylation is 1. The Hall–Kier alpha value is -1.51. The van der Waals surface area contributed by atoms with Gasteiger partial charge in [0.2, 0.25) is 0 Å². The number of rotatable bonds is 2. The molecule has 0 aromatic heterocycles. The lowest BCUT2D eigenvalue weighted by Crippen LogP contribution is -2.07. The largest absolute Gasteiger partial charge is 0.493 e. The zero-order valence-corrected chi connectivity index (χ0v) is 7.99. The van der Waals surface area contributed by atoms with Crippen LogP contribution in [0.25, 0.3) is 0 Å². The maximum Gasteiger partial charge on any atom is 0.304 e. The van der Waals surface area contributed by atoms with Crippen molar-refractivity contribution in [2.24, 2.45) is 0 Å². The molecule has 1 aromatic carbocycles. The van der Waals surface area contributed by atoms with Gasteiger partial charge in [-0.25, -0.2) is 0 Å². The Morgan fingerprint density at radius 2 is 2.43 bits per heavy atom. The van der Waals surface area contributed by atoms with E-state index in [1.165, 1.54) is 0 Å². The first-order valence-corrected chi connectivity index (χ1v) is 4.62. The molecule has 14 heavy (non-hydrogen) atoms. The molecule has 1 aliphatic heterocycles. The normalized spacial score (nSPS) is 18.8. The molecule has 3 heteroatoms. The Kier molecular flexibility index (Phi) is 2.15. The fraction of sp³-hybridized carbons (Fsp3) is 0.364. The van der Waals surface area contributed by atoms with Crippen molar-refractivity contribution in [1.29, 1.82) is 0 Å². The molecule has 0 saturated carbocycles. The zero-order chi connectivity index (χ0) is 10.1. The van der Waals surface area contributed by atoms with E-state index in [2.05, 4.69) is 0 Å². The van der Waals surface area contributed by atoms with Crippen LogP contribution in [0.15, 0.2) is 18.2 Å². The van der Waals surface area contributed by atoms with Crippen LogP contribution in [-0.2, 0) is 4.79 Å². The van der Waals surface area contributed by atoms with E-state index < -0.39 is 5.97 Å². The molecule has 1 atom stereocenters. The summed E-state index contributed by atoms with van der Waals surface area (Å²) in [6, 6.07) is 5.89. The van der Waals surface area contributed by atoms with Gasteiger partial charge in [-0.05, 0) is 13.0 Å². The van der Waals surface area contributed by atoms with Gasteiger partial charge in [0, 0.05) is 11.5 Å². The van der Waals surface area contributed by atoms with Crippen LogP contribution in [0.2, 0.25) is 0 Å². The van der Waals surface area contributed by atoms with Crippen LogP contribution < -0.4 is 4.74 Å². The average molecular weight is 192 g/mol. The van der Waals surface area contributed by atoms with Crippen LogP contribution in [0.4, 0.5) is 0 Å². The average Bonchev–Trinajstić information content (AvgIpc) is 2.47. The highest BCUT2D eigenvalue weighted by atomic mass is 16.5. The standard InChI is InChI=1S/C11H12O3/c1-7-2-3-10-9(4-7)8(6-14-10)5-11(12)13/h2-4,8H,5-6H2,1H3,(H,12,13)/t8-/m0/s1. The number of carbonyl (C=O) groups is 1. The first kappa shape index (κ1) is 9.06. The van der Waals surface area contributed by atoms with Crippen molar-refractivity contribution in [1.82, 2.24) is 0 Å². The summed E-state index contributed by atoms with van der Waals surface area (Å²) in [6.45, 7) is 2.49. The molecule has 0 saturated heterocycles. The molecule has 2 rings (SSSR count). The van der Waals surface area contributed by atoms with E-state index >= 15 is 0 Å². The van der Waals surface area contributed by atoms with Gasteiger partial charge >= 0.3 is 5.97 Å². The Labute approximate surface area is 82.3 Å². The number of hydrogen-bond donors (Lipinski definition) is 1. The number of carboxylic acid groups (broad SMARTS) is 1. The molecule has 1 heterocycles. The Bertz CT molecular complexity index is 371. The van der Waals surface area contributed by atoms with E-state index in [-0.39, 0.29) is 12.3 Å². The number of ether oxygens (including phenoxy) is 1. The first-order chi connectivity index (χ1) is 6.66. The van der Waals surface area contributed by atoms with Gasteiger partial charge in [0.15, 0.2) is 0 Å². The van der Waals surface area contributed by atoms with Crippen molar-refractivity contribution in [2.45, 2.75) is 19.3 Å². The molecule has 1 aromatic rings. The third kappa shape index (κ3) is 1.58. The number of fused-ring (bicyclic) bond motifs is 1. The van der Waals surface area contributed by atoms with Crippen molar-refractivity contribution in [3.8, 4) is 5.75 Å². The highest BCUT2D eigenvalue weighted by Crippen LogP contribution is 2.36. The van der Waals surface area contributed by atoms with Crippen molar-refractivity contribution < 1.29 is 14.6 Å². The predicted molar refractivity (Wildman–Crippen MR) is 51.7 cm³/mol. The summed E-state index contributed by atoms with van der Waals surface area (Å²) in [5.74, 6) is 0.0807. The second-order valence-electron chi connectivity index (χ2n) is 3.65. The number of carboxylic acids is 1. The van der Waals surface area contributed by atoms with E-state index in [9.17, 15) is 4.79 Å². The summed E-state index contributed by atoms with van der Waals surface area (Å²) in [4.78, 5) is 10.6. The van der Waals surface area contributed by atoms with E-state index in [1.54, 1.807) is 0 Å². The quantitative estimate of drug-likeness (QED) is 0.779. The third-order valence-corrected chi connectivity index (χ3v) is 2.47. The maximum atomic E-state index is 10.6. The molecule has 0 aliphatic carbocycles. The lowest BCUT2D eigenvalue weighted by Gasteiger charge is -2.04. The number of hydrogen-bond acceptors (Lipinski definition) is 2. The molecule has 1 aliphatic rings. The van der Waals surface area contributed by atoms with Crippen molar-refractivity contribution in [2.75, 3.05) is 6.61 Å². The number of aliphatic carboxylic acids is 1. The summed E-state index contributed by atoms with van der Waals surface area (Å²) in [6.07, 6.45) is 0.149. The van der Waals surface area contributed by atoms with Gasteiger partial charge in [-0.1, -0.05) is 17.7 Å². The van der Waals surface area contributed by atoms with Crippen LogP contribution in [-0.4, -0.2) is 17.7 Å².